The fourth-order valence-electron chi connectivity index (χ4n) is 3.10. The minimum atomic E-state index is -0.726. The van der Waals surface area contributed by atoms with Crippen LogP contribution in [-0.2, 0) is 4.74 Å². The monoisotopic (exact) mass is 480 g/mol. The summed E-state index contributed by atoms with van der Waals surface area (Å²) in [5.74, 6) is 3.58. The molecule has 2 aromatic heterocycles. The van der Waals surface area contributed by atoms with Crippen molar-refractivity contribution >= 4 is 41.4 Å². The number of nitrogens with zero attached hydrogens (tertiary/aromatic N) is 3. The molecule has 3 unspecified atom stereocenters. The zero-order valence-corrected chi connectivity index (χ0v) is 16.6. The fraction of sp³-hybridized carbons (Fsp3) is 0.263. The molecule has 3 aromatic rings. The van der Waals surface area contributed by atoms with E-state index in [1.54, 1.807) is 0 Å². The summed E-state index contributed by atoms with van der Waals surface area (Å²) in [4.78, 5) is 8.43. The molecule has 0 bridgehead atoms. The van der Waals surface area contributed by atoms with E-state index in [0.717, 1.165) is 5.56 Å². The van der Waals surface area contributed by atoms with Crippen molar-refractivity contribution in [2.75, 3.05) is 12.3 Å². The Morgan fingerprint density at radius 2 is 2.11 bits per heavy atom. The van der Waals surface area contributed by atoms with Gasteiger partial charge >= 0.3 is 166 Å². The van der Waals surface area contributed by atoms with E-state index in [1.165, 1.54) is 9.94 Å². The van der Waals surface area contributed by atoms with Crippen LogP contribution in [0.4, 0.5) is 5.82 Å². The molecule has 4 N–H and O–H groups in total. The van der Waals surface area contributed by atoms with Gasteiger partial charge in [0.15, 0.2) is 0 Å². The van der Waals surface area contributed by atoms with Crippen LogP contribution in [0.25, 0.3) is 11.0 Å². The molecule has 0 aliphatic carbocycles. The second-order valence-electron chi connectivity index (χ2n) is 6.16. The van der Waals surface area contributed by atoms with Gasteiger partial charge in [-0.2, -0.15) is 0 Å². The van der Waals surface area contributed by atoms with E-state index in [-0.39, 0.29) is 6.61 Å². The Labute approximate surface area is 166 Å². The standard InChI is InChI=1S/C19H18N4O3Te/c20-18-17-12(6-7-27-13-4-2-1-3-5-13)9-23(19(17)22-11-21-18)16-8-14(25)15(10-24)26-16/h1-5,9,11,14-16,24-25H,8,10H2,(H2,20,21,22). The molecule has 1 saturated heterocycles. The maximum atomic E-state index is 10.0. The number of fused-ring (bicyclic) bond motifs is 1. The average Bonchev–Trinajstić information content (AvgIpc) is 3.24. The fourth-order valence-corrected chi connectivity index (χ4v) is 4.73. The summed E-state index contributed by atoms with van der Waals surface area (Å²) in [5, 5.41) is 20.1. The van der Waals surface area contributed by atoms with Crippen molar-refractivity contribution < 1.29 is 14.9 Å². The van der Waals surface area contributed by atoms with Crippen molar-refractivity contribution in [1.29, 1.82) is 0 Å². The zero-order valence-electron chi connectivity index (χ0n) is 14.3. The van der Waals surface area contributed by atoms with Gasteiger partial charge in [-0.15, -0.1) is 0 Å². The van der Waals surface area contributed by atoms with E-state index in [0.29, 0.717) is 23.3 Å². The number of nitrogen functional groups attached to an aromatic ring is 1. The molecule has 27 heavy (non-hydrogen) atoms. The molecule has 0 saturated carbocycles. The first-order valence-corrected chi connectivity index (χ1v) is 10.8. The molecule has 0 radical (unpaired) electrons. The first-order chi connectivity index (χ1) is 13.2. The van der Waals surface area contributed by atoms with E-state index < -0.39 is 39.4 Å². The first kappa shape index (κ1) is 18.2. The third-order valence-electron chi connectivity index (χ3n) is 4.43. The molecule has 1 aliphatic heterocycles. The summed E-state index contributed by atoms with van der Waals surface area (Å²) in [6.07, 6.45) is 1.85. The quantitative estimate of drug-likeness (QED) is 0.362. The summed E-state index contributed by atoms with van der Waals surface area (Å²) in [6.45, 7) is -0.233. The van der Waals surface area contributed by atoms with E-state index in [9.17, 15) is 10.2 Å². The van der Waals surface area contributed by atoms with Crippen LogP contribution >= 0.6 is 0 Å². The second-order valence-corrected chi connectivity index (χ2v) is 8.68. The average molecular weight is 478 g/mol. The predicted octanol–water partition coefficient (Wildman–Crippen LogP) is -0.00710. The van der Waals surface area contributed by atoms with Crippen LogP contribution in [0, 0.1) is 9.89 Å². The molecule has 4 rings (SSSR count). The van der Waals surface area contributed by atoms with Gasteiger partial charge in [0.1, 0.15) is 0 Å². The second kappa shape index (κ2) is 7.85. The number of benzene rings is 1. The number of aromatic nitrogens is 3. The van der Waals surface area contributed by atoms with Crippen molar-refractivity contribution in [3.8, 4) is 9.89 Å². The van der Waals surface area contributed by atoms with Crippen molar-refractivity contribution in [2.24, 2.45) is 0 Å². The Balaban J connectivity index is 1.70. The van der Waals surface area contributed by atoms with Crippen molar-refractivity contribution in [1.82, 2.24) is 14.5 Å². The third-order valence-corrected chi connectivity index (χ3v) is 6.46. The Hall–Kier alpha value is -2.13. The van der Waals surface area contributed by atoms with Gasteiger partial charge in [0.2, 0.25) is 0 Å². The molecule has 1 aliphatic rings. The van der Waals surface area contributed by atoms with Crippen molar-refractivity contribution in [3.05, 3.63) is 48.4 Å². The molecule has 8 heteroatoms. The molecule has 0 spiro atoms. The van der Waals surface area contributed by atoms with Crippen LogP contribution in [0.2, 0.25) is 0 Å². The number of aliphatic hydroxyl groups is 2. The molecular formula is C19H18N4O3Te. The minimum absolute atomic E-state index is 0.233. The molecule has 1 fully saturated rings. The number of rotatable bonds is 3. The molecule has 0 amide bonds. The normalized spacial score (nSPS) is 21.9. The summed E-state index contributed by atoms with van der Waals surface area (Å²) in [7, 11) is 0. The van der Waals surface area contributed by atoms with E-state index >= 15 is 0 Å². The molecule has 1 aromatic carbocycles. The molecule has 3 heterocycles. The molecule has 3 atom stereocenters. The van der Waals surface area contributed by atoms with Crippen molar-refractivity contribution in [2.45, 2.75) is 24.9 Å². The number of aliphatic hydroxyl groups excluding tert-OH is 2. The Morgan fingerprint density at radius 3 is 2.85 bits per heavy atom. The van der Waals surface area contributed by atoms with Gasteiger partial charge in [0.05, 0.1) is 0 Å². The van der Waals surface area contributed by atoms with Crippen LogP contribution in [0.1, 0.15) is 18.2 Å². The van der Waals surface area contributed by atoms with E-state index in [2.05, 4.69) is 32.0 Å². The molecule has 138 valence electrons. The molecule has 7 nitrogen and oxygen atoms in total. The number of hydrogen-bond donors (Lipinski definition) is 3. The van der Waals surface area contributed by atoms with Crippen LogP contribution in [0.3, 0.4) is 0 Å². The van der Waals surface area contributed by atoms with Gasteiger partial charge < -0.3 is 0 Å². The SMILES string of the molecule is Nc1ncnc2c1c(C#C[Te]c1ccccc1)cn2C1CC(O)C(CO)O1. The first-order valence-electron chi connectivity index (χ1n) is 8.45. The number of hydrogen-bond acceptors (Lipinski definition) is 6. The van der Waals surface area contributed by atoms with Crippen LogP contribution in [0.5, 0.6) is 0 Å². The van der Waals surface area contributed by atoms with Crippen LogP contribution in [-0.4, -0.2) is 64.5 Å². The van der Waals surface area contributed by atoms with Gasteiger partial charge in [0, 0.05) is 0 Å². The number of ether oxygens (including phenoxy) is 1. The topological polar surface area (TPSA) is 106 Å². The van der Waals surface area contributed by atoms with Crippen LogP contribution < -0.4 is 9.35 Å². The zero-order chi connectivity index (χ0) is 18.8. The van der Waals surface area contributed by atoms with Gasteiger partial charge in [-0.05, 0) is 0 Å². The van der Waals surface area contributed by atoms with E-state index in [4.69, 9.17) is 10.5 Å². The van der Waals surface area contributed by atoms with E-state index in [1.807, 2.05) is 29.0 Å². The Bertz CT molecular complexity index is 1010. The number of anilines is 1. The summed E-state index contributed by atoms with van der Waals surface area (Å²) < 4.78 is 12.1. The summed E-state index contributed by atoms with van der Waals surface area (Å²) in [6, 6.07) is 10.2. The Kier molecular flexibility index (Phi) is 5.31. The number of nitrogens with two attached hydrogens (primary N) is 1. The van der Waals surface area contributed by atoms with Gasteiger partial charge in [-0.1, -0.05) is 0 Å². The third kappa shape index (κ3) is 3.66. The molecular weight excluding hydrogens is 460 g/mol. The van der Waals surface area contributed by atoms with Gasteiger partial charge in [-0.3, -0.25) is 0 Å². The van der Waals surface area contributed by atoms with Gasteiger partial charge in [-0.25, -0.2) is 0 Å². The predicted molar refractivity (Wildman–Crippen MR) is 102 cm³/mol. The summed E-state index contributed by atoms with van der Waals surface area (Å²) in [5.41, 5.74) is 7.44. The van der Waals surface area contributed by atoms with Gasteiger partial charge in [0.25, 0.3) is 0 Å². The summed E-state index contributed by atoms with van der Waals surface area (Å²) >= 11 is -0.634. The Morgan fingerprint density at radius 1 is 1.30 bits per heavy atom. The maximum absolute atomic E-state index is 10.0. The van der Waals surface area contributed by atoms with Crippen LogP contribution in [0.15, 0.2) is 42.9 Å². The van der Waals surface area contributed by atoms with Crippen molar-refractivity contribution in [3.63, 3.8) is 0 Å².